The third-order valence-electron chi connectivity index (χ3n) is 3.53. The molecule has 2 aromatic rings. The van der Waals surface area contributed by atoms with Crippen LogP contribution in [0.1, 0.15) is 36.0 Å². The number of aromatic nitrogens is 2. The largest absolute Gasteiger partial charge is 0.339 e. The van der Waals surface area contributed by atoms with E-state index in [2.05, 4.69) is 4.98 Å². The molecule has 2 aromatic heterocycles. The van der Waals surface area contributed by atoms with Crippen molar-refractivity contribution in [1.29, 1.82) is 0 Å². The first-order valence-electron chi connectivity index (χ1n) is 6.56. The van der Waals surface area contributed by atoms with Gasteiger partial charge in [0.15, 0.2) is 0 Å². The molecule has 0 aliphatic carbocycles. The van der Waals surface area contributed by atoms with Crippen LogP contribution in [0.15, 0.2) is 30.7 Å². The van der Waals surface area contributed by atoms with Gasteiger partial charge in [0.25, 0.3) is 5.91 Å². The molecular formula is C14H17N3O. The average Bonchev–Trinajstić information content (AvgIpc) is 2.69. The zero-order chi connectivity index (χ0) is 12.4. The van der Waals surface area contributed by atoms with Gasteiger partial charge in [-0.3, -0.25) is 4.79 Å². The van der Waals surface area contributed by atoms with Crippen molar-refractivity contribution in [3.63, 3.8) is 0 Å². The van der Waals surface area contributed by atoms with E-state index in [-0.39, 0.29) is 5.91 Å². The topological polar surface area (TPSA) is 37.6 Å². The maximum absolute atomic E-state index is 12.4. The number of hydrogen-bond donors (Lipinski definition) is 0. The van der Waals surface area contributed by atoms with Crippen LogP contribution in [0.4, 0.5) is 0 Å². The molecule has 18 heavy (non-hydrogen) atoms. The van der Waals surface area contributed by atoms with Crippen molar-refractivity contribution in [3.05, 3.63) is 36.3 Å². The van der Waals surface area contributed by atoms with Gasteiger partial charge in [0.05, 0.1) is 5.56 Å². The van der Waals surface area contributed by atoms with E-state index in [1.807, 2.05) is 33.8 Å². The summed E-state index contributed by atoms with van der Waals surface area (Å²) < 4.78 is 1.89. The lowest BCUT2D eigenvalue weighted by Crippen LogP contribution is -2.31. The van der Waals surface area contributed by atoms with Crippen molar-refractivity contribution in [2.75, 3.05) is 13.1 Å². The molecule has 0 spiro atoms. The third kappa shape index (κ3) is 2.10. The highest BCUT2D eigenvalue weighted by Crippen LogP contribution is 2.14. The summed E-state index contributed by atoms with van der Waals surface area (Å²) in [5, 5.41) is 0. The zero-order valence-electron chi connectivity index (χ0n) is 10.4. The molecule has 94 valence electrons. The van der Waals surface area contributed by atoms with Gasteiger partial charge in [-0.25, -0.2) is 4.98 Å². The standard InChI is InChI=1S/C14H17N3O/c18-14(16-8-3-1-2-4-9-16)12-5-6-13-15-7-10-17(13)11-12/h5-7,10-11H,1-4,8-9H2. The summed E-state index contributed by atoms with van der Waals surface area (Å²) in [5.74, 6) is 0.146. The number of pyridine rings is 1. The van der Waals surface area contributed by atoms with Crippen LogP contribution in [-0.2, 0) is 0 Å². The quantitative estimate of drug-likeness (QED) is 0.771. The van der Waals surface area contributed by atoms with Gasteiger partial charge in [0, 0.05) is 31.7 Å². The highest BCUT2D eigenvalue weighted by Gasteiger charge is 2.17. The Balaban J connectivity index is 1.85. The van der Waals surface area contributed by atoms with Crippen LogP contribution < -0.4 is 0 Å². The number of nitrogens with zero attached hydrogens (tertiary/aromatic N) is 3. The summed E-state index contributed by atoms with van der Waals surface area (Å²) in [6.07, 6.45) is 10.2. The molecule has 1 saturated heterocycles. The van der Waals surface area contributed by atoms with Crippen molar-refractivity contribution in [2.24, 2.45) is 0 Å². The lowest BCUT2D eigenvalue weighted by molar-refractivity contribution is 0.0761. The number of likely N-dealkylation sites (tertiary alicyclic amines) is 1. The fraction of sp³-hybridized carbons (Fsp3) is 0.429. The Hall–Kier alpha value is -1.84. The molecule has 0 bridgehead atoms. The third-order valence-corrected chi connectivity index (χ3v) is 3.53. The Morgan fingerprint density at radius 3 is 2.67 bits per heavy atom. The molecule has 1 fully saturated rings. The number of carbonyl (C=O) groups excluding carboxylic acids is 1. The molecule has 3 heterocycles. The van der Waals surface area contributed by atoms with Crippen molar-refractivity contribution >= 4 is 11.6 Å². The lowest BCUT2D eigenvalue weighted by atomic mass is 10.2. The Bertz CT molecular complexity index is 553. The van der Waals surface area contributed by atoms with Gasteiger partial charge in [-0.15, -0.1) is 0 Å². The molecular weight excluding hydrogens is 226 g/mol. The predicted molar refractivity (Wildman–Crippen MR) is 69.6 cm³/mol. The molecule has 1 aliphatic rings. The molecule has 4 heteroatoms. The minimum Gasteiger partial charge on any atom is -0.339 e. The molecule has 0 atom stereocenters. The summed E-state index contributed by atoms with van der Waals surface area (Å²) in [4.78, 5) is 18.6. The maximum atomic E-state index is 12.4. The molecule has 0 aromatic carbocycles. The predicted octanol–water partition coefficient (Wildman–Crippen LogP) is 2.35. The van der Waals surface area contributed by atoms with Crippen LogP contribution in [0.2, 0.25) is 0 Å². The van der Waals surface area contributed by atoms with Crippen molar-refractivity contribution in [1.82, 2.24) is 14.3 Å². The van der Waals surface area contributed by atoms with Crippen molar-refractivity contribution < 1.29 is 4.79 Å². The Labute approximate surface area is 106 Å². The van der Waals surface area contributed by atoms with Gasteiger partial charge < -0.3 is 9.30 Å². The SMILES string of the molecule is O=C(c1ccc2nccn2c1)N1CCCCCC1. The van der Waals surface area contributed by atoms with Gasteiger partial charge >= 0.3 is 0 Å². The molecule has 1 amide bonds. The van der Waals surface area contributed by atoms with E-state index in [1.165, 1.54) is 12.8 Å². The van der Waals surface area contributed by atoms with E-state index in [1.54, 1.807) is 6.20 Å². The Kier molecular flexibility index (Phi) is 3.00. The molecule has 0 saturated carbocycles. The first-order chi connectivity index (χ1) is 8.84. The summed E-state index contributed by atoms with van der Waals surface area (Å²) >= 11 is 0. The van der Waals surface area contributed by atoms with Gasteiger partial charge in [0.1, 0.15) is 5.65 Å². The highest BCUT2D eigenvalue weighted by molar-refractivity contribution is 5.94. The van der Waals surface area contributed by atoms with Gasteiger partial charge in [-0.1, -0.05) is 12.8 Å². The van der Waals surface area contributed by atoms with E-state index in [0.29, 0.717) is 0 Å². The van der Waals surface area contributed by atoms with Crippen molar-refractivity contribution in [2.45, 2.75) is 25.7 Å². The van der Waals surface area contributed by atoms with E-state index in [0.717, 1.165) is 37.1 Å². The van der Waals surface area contributed by atoms with Crippen LogP contribution in [0.3, 0.4) is 0 Å². The summed E-state index contributed by atoms with van der Waals surface area (Å²) in [6, 6.07) is 3.76. The molecule has 1 aliphatic heterocycles. The van der Waals surface area contributed by atoms with E-state index < -0.39 is 0 Å². The fourth-order valence-corrected chi connectivity index (χ4v) is 2.50. The first-order valence-corrected chi connectivity index (χ1v) is 6.56. The van der Waals surface area contributed by atoms with Gasteiger partial charge in [-0.2, -0.15) is 0 Å². The fourth-order valence-electron chi connectivity index (χ4n) is 2.50. The summed E-state index contributed by atoms with van der Waals surface area (Å²) in [5.41, 5.74) is 1.63. The lowest BCUT2D eigenvalue weighted by Gasteiger charge is -2.20. The number of amides is 1. The van der Waals surface area contributed by atoms with Crippen molar-refractivity contribution in [3.8, 4) is 0 Å². The van der Waals surface area contributed by atoms with Crippen LogP contribution in [-0.4, -0.2) is 33.3 Å². The number of carbonyl (C=O) groups is 1. The molecule has 0 unspecified atom stereocenters. The summed E-state index contributed by atoms with van der Waals surface area (Å²) in [6.45, 7) is 1.78. The highest BCUT2D eigenvalue weighted by atomic mass is 16.2. The maximum Gasteiger partial charge on any atom is 0.255 e. The summed E-state index contributed by atoms with van der Waals surface area (Å²) in [7, 11) is 0. The number of imidazole rings is 1. The van der Waals surface area contributed by atoms with Crippen LogP contribution >= 0.6 is 0 Å². The zero-order valence-corrected chi connectivity index (χ0v) is 10.4. The van der Waals surface area contributed by atoms with Gasteiger partial charge in [0.2, 0.25) is 0 Å². The Morgan fingerprint density at radius 2 is 1.89 bits per heavy atom. The van der Waals surface area contributed by atoms with Crippen LogP contribution in [0.5, 0.6) is 0 Å². The molecule has 0 N–H and O–H groups in total. The number of fused-ring (bicyclic) bond motifs is 1. The minimum atomic E-state index is 0.146. The second kappa shape index (κ2) is 4.80. The number of hydrogen-bond acceptors (Lipinski definition) is 2. The molecule has 0 radical (unpaired) electrons. The molecule has 4 nitrogen and oxygen atoms in total. The van der Waals surface area contributed by atoms with Crippen LogP contribution in [0.25, 0.3) is 5.65 Å². The first kappa shape index (κ1) is 11.3. The van der Waals surface area contributed by atoms with E-state index in [4.69, 9.17) is 0 Å². The van der Waals surface area contributed by atoms with E-state index >= 15 is 0 Å². The monoisotopic (exact) mass is 243 g/mol. The Morgan fingerprint density at radius 1 is 1.11 bits per heavy atom. The molecule has 3 rings (SSSR count). The van der Waals surface area contributed by atoms with E-state index in [9.17, 15) is 4.79 Å². The van der Waals surface area contributed by atoms with Crippen LogP contribution in [0, 0.1) is 0 Å². The smallest absolute Gasteiger partial charge is 0.255 e. The second-order valence-electron chi connectivity index (χ2n) is 4.82. The minimum absolute atomic E-state index is 0.146. The normalized spacial score (nSPS) is 16.8. The van der Waals surface area contributed by atoms with Gasteiger partial charge in [-0.05, 0) is 25.0 Å². The second-order valence-corrected chi connectivity index (χ2v) is 4.82. The number of rotatable bonds is 1. The average molecular weight is 243 g/mol.